The number of hydrogen-bond acceptors (Lipinski definition) is 5. The molecule has 1 saturated heterocycles. The lowest BCUT2D eigenvalue weighted by atomic mass is 10.1. The summed E-state index contributed by atoms with van der Waals surface area (Å²) in [5, 5.41) is 3.81. The number of carbonyl (C=O) groups is 1. The topological polar surface area (TPSA) is 89.1 Å². The van der Waals surface area contributed by atoms with Crippen molar-refractivity contribution in [3.63, 3.8) is 0 Å². The third-order valence-corrected chi connectivity index (χ3v) is 5.78. The number of nitrogen functional groups attached to an aromatic ring is 1. The van der Waals surface area contributed by atoms with Gasteiger partial charge < -0.3 is 20.5 Å². The second-order valence-corrected chi connectivity index (χ2v) is 8.19. The van der Waals surface area contributed by atoms with Crippen LogP contribution in [0.3, 0.4) is 0 Å². The zero-order valence-corrected chi connectivity index (χ0v) is 16.9. The average molecular weight is 400 g/mol. The summed E-state index contributed by atoms with van der Waals surface area (Å²) in [6.45, 7) is 2.03. The molecule has 2 aliphatic rings. The Hall–Kier alpha value is -3.37. The molecule has 0 spiro atoms. The quantitative estimate of drug-likeness (QED) is 0.658. The van der Waals surface area contributed by atoms with Crippen LogP contribution in [0, 0.1) is 11.8 Å². The summed E-state index contributed by atoms with van der Waals surface area (Å²) < 4.78 is 2.18. The standard InChI is InChI=1S/C23H24N6O/c1-28-10-9-19(13-28)29-12-17(20-21(24)25-14-26-22(20)29)6-5-15-3-2-4-16(11-15)23(30)27-18-7-8-18/h2-4,11-12,14,18-19H,7-10,13H2,1H3,(H,27,30)(H2,24,25,26). The van der Waals surface area contributed by atoms with Crippen molar-refractivity contribution in [1.29, 1.82) is 0 Å². The first-order chi connectivity index (χ1) is 14.6. The Labute approximate surface area is 175 Å². The largest absolute Gasteiger partial charge is 0.383 e. The van der Waals surface area contributed by atoms with Gasteiger partial charge in [0.2, 0.25) is 0 Å². The van der Waals surface area contributed by atoms with Crippen molar-refractivity contribution in [2.75, 3.05) is 25.9 Å². The van der Waals surface area contributed by atoms with Gasteiger partial charge >= 0.3 is 0 Å². The van der Waals surface area contributed by atoms with Gasteiger partial charge in [-0.2, -0.15) is 0 Å². The van der Waals surface area contributed by atoms with Gasteiger partial charge in [-0.05, 0) is 51.1 Å². The van der Waals surface area contributed by atoms with Crippen molar-refractivity contribution in [2.24, 2.45) is 0 Å². The van der Waals surface area contributed by atoms with Crippen molar-refractivity contribution in [3.8, 4) is 11.8 Å². The van der Waals surface area contributed by atoms with Crippen LogP contribution in [-0.2, 0) is 0 Å². The highest BCUT2D eigenvalue weighted by atomic mass is 16.1. The van der Waals surface area contributed by atoms with Gasteiger partial charge in [-0.15, -0.1) is 0 Å². The maximum atomic E-state index is 12.3. The van der Waals surface area contributed by atoms with Crippen LogP contribution in [0.25, 0.3) is 11.0 Å². The molecule has 1 saturated carbocycles. The Morgan fingerprint density at radius 3 is 2.87 bits per heavy atom. The van der Waals surface area contributed by atoms with Crippen molar-refractivity contribution in [1.82, 2.24) is 24.8 Å². The molecule has 5 rings (SSSR count). The molecule has 2 fully saturated rings. The summed E-state index contributed by atoms with van der Waals surface area (Å²) in [6, 6.07) is 8.09. The van der Waals surface area contributed by atoms with Crippen molar-refractivity contribution < 1.29 is 4.79 Å². The minimum atomic E-state index is -0.0410. The van der Waals surface area contributed by atoms with Crippen LogP contribution in [0.15, 0.2) is 36.8 Å². The number of likely N-dealkylation sites (tertiary alicyclic amines) is 1. The van der Waals surface area contributed by atoms with E-state index >= 15 is 0 Å². The lowest BCUT2D eigenvalue weighted by Gasteiger charge is -2.13. The molecule has 2 aromatic heterocycles. The van der Waals surface area contributed by atoms with E-state index in [1.54, 1.807) is 0 Å². The van der Waals surface area contributed by atoms with Crippen molar-refractivity contribution in [3.05, 3.63) is 53.5 Å². The van der Waals surface area contributed by atoms with Gasteiger partial charge in [0.1, 0.15) is 17.8 Å². The molecule has 0 radical (unpaired) electrons. The molecule has 30 heavy (non-hydrogen) atoms. The molecule has 7 heteroatoms. The van der Waals surface area contributed by atoms with E-state index < -0.39 is 0 Å². The van der Waals surface area contributed by atoms with E-state index in [4.69, 9.17) is 5.73 Å². The fourth-order valence-corrected chi connectivity index (χ4v) is 3.99. The summed E-state index contributed by atoms with van der Waals surface area (Å²) in [6.07, 6.45) is 6.74. The zero-order chi connectivity index (χ0) is 20.7. The van der Waals surface area contributed by atoms with Gasteiger partial charge in [-0.3, -0.25) is 4.79 Å². The highest BCUT2D eigenvalue weighted by Gasteiger charge is 2.25. The maximum absolute atomic E-state index is 12.3. The Kier molecular flexibility index (Phi) is 4.64. The normalized spacial score (nSPS) is 18.9. The number of likely N-dealkylation sites (N-methyl/N-ethyl adjacent to an activating group) is 1. The van der Waals surface area contributed by atoms with Crippen molar-refractivity contribution >= 4 is 22.8 Å². The molecule has 1 aliphatic carbocycles. The number of amides is 1. The molecular formula is C23H24N6O. The number of aromatic nitrogens is 3. The van der Waals surface area contributed by atoms with Crippen LogP contribution in [-0.4, -0.2) is 51.5 Å². The second kappa shape index (κ2) is 7.47. The third-order valence-electron chi connectivity index (χ3n) is 5.78. The summed E-state index contributed by atoms with van der Waals surface area (Å²) in [5.41, 5.74) is 9.24. The van der Waals surface area contributed by atoms with E-state index in [0.29, 0.717) is 23.5 Å². The van der Waals surface area contributed by atoms with Crippen LogP contribution in [0.1, 0.15) is 46.8 Å². The fourth-order valence-electron chi connectivity index (χ4n) is 3.99. The van der Waals surface area contributed by atoms with E-state index in [2.05, 4.69) is 43.6 Å². The smallest absolute Gasteiger partial charge is 0.251 e. The molecule has 3 heterocycles. The van der Waals surface area contributed by atoms with E-state index in [0.717, 1.165) is 54.5 Å². The Bertz CT molecular complexity index is 1180. The number of anilines is 1. The highest BCUT2D eigenvalue weighted by molar-refractivity contribution is 5.95. The monoisotopic (exact) mass is 400 g/mol. The number of nitrogens with two attached hydrogens (primary N) is 1. The predicted molar refractivity (Wildman–Crippen MR) is 116 cm³/mol. The number of carbonyl (C=O) groups excluding carboxylic acids is 1. The summed E-state index contributed by atoms with van der Waals surface area (Å²) in [5.74, 6) is 6.83. The fraction of sp³-hybridized carbons (Fsp3) is 0.348. The molecule has 0 bridgehead atoms. The molecule has 1 atom stereocenters. The molecule has 1 amide bonds. The third kappa shape index (κ3) is 3.62. The Morgan fingerprint density at radius 2 is 2.10 bits per heavy atom. The molecule has 3 aromatic rings. The zero-order valence-electron chi connectivity index (χ0n) is 16.9. The van der Waals surface area contributed by atoms with Gasteiger partial charge in [0, 0.05) is 36.0 Å². The number of fused-ring (bicyclic) bond motifs is 1. The molecule has 1 unspecified atom stereocenters. The van der Waals surface area contributed by atoms with E-state index in [9.17, 15) is 4.79 Å². The minimum Gasteiger partial charge on any atom is -0.383 e. The van der Waals surface area contributed by atoms with Gasteiger partial charge in [0.15, 0.2) is 0 Å². The van der Waals surface area contributed by atoms with Gasteiger partial charge in [0.25, 0.3) is 5.91 Å². The van der Waals surface area contributed by atoms with E-state index in [-0.39, 0.29) is 5.91 Å². The number of nitrogens with zero attached hydrogens (tertiary/aromatic N) is 4. The van der Waals surface area contributed by atoms with Crippen LogP contribution < -0.4 is 11.1 Å². The molecule has 3 N–H and O–H groups in total. The van der Waals surface area contributed by atoms with Crippen LogP contribution in [0.5, 0.6) is 0 Å². The molecule has 1 aliphatic heterocycles. The van der Waals surface area contributed by atoms with Crippen LogP contribution in [0.4, 0.5) is 5.82 Å². The number of hydrogen-bond donors (Lipinski definition) is 2. The molecule has 152 valence electrons. The van der Waals surface area contributed by atoms with Crippen LogP contribution >= 0.6 is 0 Å². The summed E-state index contributed by atoms with van der Waals surface area (Å²) in [7, 11) is 2.13. The highest BCUT2D eigenvalue weighted by Crippen LogP contribution is 2.30. The average Bonchev–Trinajstić information content (AvgIpc) is 3.32. The SMILES string of the molecule is CN1CCC(n2cc(C#Cc3cccc(C(=O)NC4CC4)c3)c3c(N)ncnc32)C1. The van der Waals surface area contributed by atoms with Gasteiger partial charge in [-0.25, -0.2) is 9.97 Å². The first-order valence-electron chi connectivity index (χ1n) is 10.3. The van der Waals surface area contributed by atoms with Gasteiger partial charge in [-0.1, -0.05) is 17.9 Å². The lowest BCUT2D eigenvalue weighted by Crippen LogP contribution is -2.25. The molecule has 1 aromatic carbocycles. The summed E-state index contributed by atoms with van der Waals surface area (Å²) in [4.78, 5) is 23.3. The van der Waals surface area contributed by atoms with E-state index in [1.165, 1.54) is 6.33 Å². The lowest BCUT2D eigenvalue weighted by molar-refractivity contribution is 0.0951. The van der Waals surface area contributed by atoms with Crippen LogP contribution in [0.2, 0.25) is 0 Å². The first kappa shape index (κ1) is 18.6. The van der Waals surface area contributed by atoms with E-state index in [1.807, 2.05) is 30.5 Å². The first-order valence-corrected chi connectivity index (χ1v) is 10.3. The Balaban J connectivity index is 1.49. The maximum Gasteiger partial charge on any atom is 0.251 e. The minimum absolute atomic E-state index is 0.0410. The number of benzene rings is 1. The molecular weight excluding hydrogens is 376 g/mol. The number of rotatable bonds is 3. The second-order valence-electron chi connectivity index (χ2n) is 8.19. The van der Waals surface area contributed by atoms with Gasteiger partial charge in [0.05, 0.1) is 10.9 Å². The number of nitrogens with one attached hydrogen (secondary N) is 1. The summed E-state index contributed by atoms with van der Waals surface area (Å²) >= 11 is 0. The predicted octanol–water partition coefficient (Wildman–Crippen LogP) is 2.18. The van der Waals surface area contributed by atoms with Crippen molar-refractivity contribution in [2.45, 2.75) is 31.3 Å². The Morgan fingerprint density at radius 1 is 1.23 bits per heavy atom. The molecule has 7 nitrogen and oxygen atoms in total.